The number of carbonyl (C=O) groups is 1. The fourth-order valence-electron chi connectivity index (χ4n) is 1.21. The third-order valence-corrected chi connectivity index (χ3v) is 2.24. The molecule has 1 unspecified atom stereocenters. The van der Waals surface area contributed by atoms with Crippen molar-refractivity contribution < 1.29 is 9.21 Å². The molecule has 0 bridgehead atoms. The van der Waals surface area contributed by atoms with Crippen LogP contribution in [0.25, 0.3) is 0 Å². The van der Waals surface area contributed by atoms with Gasteiger partial charge in [0.15, 0.2) is 0 Å². The SMILES string of the molecule is CC(CCc1ccco1)NC(=O)CS. The van der Waals surface area contributed by atoms with Crippen molar-refractivity contribution >= 4 is 18.5 Å². The largest absolute Gasteiger partial charge is 0.469 e. The van der Waals surface area contributed by atoms with Gasteiger partial charge in [-0.2, -0.15) is 12.6 Å². The minimum absolute atomic E-state index is 0.0275. The van der Waals surface area contributed by atoms with Crippen molar-refractivity contribution in [3.63, 3.8) is 0 Å². The van der Waals surface area contributed by atoms with Gasteiger partial charge in [0.05, 0.1) is 12.0 Å². The van der Waals surface area contributed by atoms with E-state index < -0.39 is 0 Å². The average Bonchev–Trinajstić information content (AvgIpc) is 2.67. The predicted molar refractivity (Wildman–Crippen MR) is 58.5 cm³/mol. The number of furan rings is 1. The van der Waals surface area contributed by atoms with Crippen LogP contribution in [0.4, 0.5) is 0 Å². The molecule has 78 valence electrons. The molecular formula is C10H15NO2S. The summed E-state index contributed by atoms with van der Waals surface area (Å²) in [7, 11) is 0. The highest BCUT2D eigenvalue weighted by atomic mass is 32.1. The monoisotopic (exact) mass is 213 g/mol. The number of amides is 1. The Balaban J connectivity index is 2.21. The fourth-order valence-corrected chi connectivity index (χ4v) is 1.30. The van der Waals surface area contributed by atoms with Crippen molar-refractivity contribution in [1.29, 1.82) is 0 Å². The highest BCUT2D eigenvalue weighted by Crippen LogP contribution is 2.05. The van der Waals surface area contributed by atoms with Gasteiger partial charge in [0.1, 0.15) is 5.76 Å². The topological polar surface area (TPSA) is 42.2 Å². The van der Waals surface area contributed by atoms with Gasteiger partial charge in [-0.25, -0.2) is 0 Å². The van der Waals surface area contributed by atoms with Crippen molar-refractivity contribution in [1.82, 2.24) is 5.32 Å². The Bertz CT molecular complexity index is 272. The van der Waals surface area contributed by atoms with E-state index in [4.69, 9.17) is 4.42 Å². The molecule has 0 radical (unpaired) electrons. The summed E-state index contributed by atoms with van der Waals surface area (Å²) in [6.45, 7) is 1.98. The second-order valence-corrected chi connectivity index (χ2v) is 3.56. The van der Waals surface area contributed by atoms with E-state index in [1.54, 1.807) is 6.26 Å². The third-order valence-electron chi connectivity index (χ3n) is 1.95. The predicted octanol–water partition coefficient (Wildman–Crippen LogP) is 1.65. The van der Waals surface area contributed by atoms with Crippen molar-refractivity contribution in [2.24, 2.45) is 0 Å². The molecule has 0 saturated carbocycles. The highest BCUT2D eigenvalue weighted by Gasteiger charge is 2.06. The van der Waals surface area contributed by atoms with Gasteiger partial charge >= 0.3 is 0 Å². The Morgan fingerprint density at radius 2 is 2.50 bits per heavy atom. The molecule has 0 fully saturated rings. The normalized spacial score (nSPS) is 12.4. The molecule has 3 nitrogen and oxygen atoms in total. The smallest absolute Gasteiger partial charge is 0.229 e. The van der Waals surface area contributed by atoms with E-state index in [2.05, 4.69) is 17.9 Å². The second kappa shape index (κ2) is 5.75. The highest BCUT2D eigenvalue weighted by molar-refractivity contribution is 7.81. The van der Waals surface area contributed by atoms with E-state index in [0.29, 0.717) is 0 Å². The Labute approximate surface area is 89.3 Å². The van der Waals surface area contributed by atoms with Gasteiger partial charge in [-0.1, -0.05) is 0 Å². The summed E-state index contributed by atoms with van der Waals surface area (Å²) < 4.78 is 5.19. The lowest BCUT2D eigenvalue weighted by Crippen LogP contribution is -2.33. The van der Waals surface area contributed by atoms with Crippen molar-refractivity contribution in [2.45, 2.75) is 25.8 Å². The van der Waals surface area contributed by atoms with Crippen LogP contribution in [0, 0.1) is 0 Å². The van der Waals surface area contributed by atoms with E-state index in [1.807, 2.05) is 19.1 Å². The van der Waals surface area contributed by atoms with Crippen LogP contribution >= 0.6 is 12.6 Å². The molecule has 1 aromatic heterocycles. The molecule has 0 aliphatic heterocycles. The Morgan fingerprint density at radius 1 is 1.71 bits per heavy atom. The van der Waals surface area contributed by atoms with Crippen LogP contribution in [0.2, 0.25) is 0 Å². The molecule has 0 aliphatic carbocycles. The Kier molecular flexibility index (Phi) is 4.59. The molecule has 14 heavy (non-hydrogen) atoms. The number of rotatable bonds is 5. The first kappa shape index (κ1) is 11.2. The second-order valence-electron chi connectivity index (χ2n) is 3.24. The zero-order valence-electron chi connectivity index (χ0n) is 8.19. The van der Waals surface area contributed by atoms with E-state index in [1.165, 1.54) is 0 Å². The molecule has 0 aliphatic rings. The van der Waals surface area contributed by atoms with E-state index >= 15 is 0 Å². The standard InChI is InChI=1S/C10H15NO2S/c1-8(11-10(12)7-14)4-5-9-3-2-6-13-9/h2-3,6,8,14H,4-5,7H2,1H3,(H,11,12). The molecule has 1 atom stereocenters. The molecule has 1 amide bonds. The van der Waals surface area contributed by atoms with Crippen LogP contribution in [0.5, 0.6) is 0 Å². The summed E-state index contributed by atoms with van der Waals surface area (Å²) in [5, 5.41) is 2.83. The summed E-state index contributed by atoms with van der Waals surface area (Å²) >= 11 is 3.89. The van der Waals surface area contributed by atoms with Gasteiger partial charge in [0.2, 0.25) is 5.91 Å². The first-order valence-corrected chi connectivity index (χ1v) is 5.28. The van der Waals surface area contributed by atoms with Gasteiger partial charge in [-0.15, -0.1) is 0 Å². The minimum Gasteiger partial charge on any atom is -0.469 e. The quantitative estimate of drug-likeness (QED) is 0.730. The van der Waals surface area contributed by atoms with Crippen LogP contribution in [-0.2, 0) is 11.2 Å². The third kappa shape index (κ3) is 3.87. The van der Waals surface area contributed by atoms with Crippen LogP contribution in [0.1, 0.15) is 19.1 Å². The lowest BCUT2D eigenvalue weighted by Gasteiger charge is -2.11. The number of aryl methyl sites for hydroxylation is 1. The zero-order chi connectivity index (χ0) is 10.4. The molecule has 0 saturated heterocycles. The van der Waals surface area contributed by atoms with E-state index in [-0.39, 0.29) is 17.7 Å². The molecule has 4 heteroatoms. The van der Waals surface area contributed by atoms with Gasteiger partial charge in [-0.3, -0.25) is 4.79 Å². The number of hydrogen-bond donors (Lipinski definition) is 2. The van der Waals surface area contributed by atoms with Crippen molar-refractivity contribution in [2.75, 3.05) is 5.75 Å². The maximum atomic E-state index is 11.0. The van der Waals surface area contributed by atoms with E-state index in [0.717, 1.165) is 18.6 Å². The number of thiol groups is 1. The first-order chi connectivity index (χ1) is 6.72. The van der Waals surface area contributed by atoms with Crippen LogP contribution in [0.3, 0.4) is 0 Å². The number of carbonyl (C=O) groups excluding carboxylic acids is 1. The van der Waals surface area contributed by atoms with Gasteiger partial charge in [-0.05, 0) is 25.5 Å². The fraction of sp³-hybridized carbons (Fsp3) is 0.500. The Hall–Kier alpha value is -0.900. The molecule has 0 spiro atoms. The summed E-state index contributed by atoms with van der Waals surface area (Å²) in [5.41, 5.74) is 0. The van der Waals surface area contributed by atoms with Crippen LogP contribution in [-0.4, -0.2) is 17.7 Å². The summed E-state index contributed by atoms with van der Waals surface area (Å²) in [6, 6.07) is 3.97. The van der Waals surface area contributed by atoms with Crippen LogP contribution in [0.15, 0.2) is 22.8 Å². The van der Waals surface area contributed by atoms with Gasteiger partial charge in [0, 0.05) is 12.5 Å². The minimum atomic E-state index is -0.0275. The maximum absolute atomic E-state index is 11.0. The number of nitrogens with one attached hydrogen (secondary N) is 1. The lowest BCUT2D eigenvalue weighted by atomic mass is 10.1. The zero-order valence-corrected chi connectivity index (χ0v) is 9.09. The maximum Gasteiger partial charge on any atom is 0.229 e. The van der Waals surface area contributed by atoms with Gasteiger partial charge in [0.25, 0.3) is 0 Å². The first-order valence-electron chi connectivity index (χ1n) is 4.65. The lowest BCUT2D eigenvalue weighted by molar-refractivity contribution is -0.119. The number of hydrogen-bond acceptors (Lipinski definition) is 3. The van der Waals surface area contributed by atoms with Gasteiger partial charge < -0.3 is 9.73 Å². The molecule has 1 rings (SSSR count). The molecule has 0 aromatic carbocycles. The molecule has 1 aromatic rings. The summed E-state index contributed by atoms with van der Waals surface area (Å²) in [5.74, 6) is 1.17. The molecular weight excluding hydrogens is 198 g/mol. The van der Waals surface area contributed by atoms with E-state index in [9.17, 15) is 4.79 Å². The summed E-state index contributed by atoms with van der Waals surface area (Å²) in [6.07, 6.45) is 3.39. The Morgan fingerprint density at radius 3 is 3.07 bits per heavy atom. The average molecular weight is 213 g/mol. The van der Waals surface area contributed by atoms with Crippen LogP contribution < -0.4 is 5.32 Å². The molecule has 1 heterocycles. The molecule has 1 N–H and O–H groups in total. The summed E-state index contributed by atoms with van der Waals surface area (Å²) in [4.78, 5) is 11.0. The van der Waals surface area contributed by atoms with Crippen molar-refractivity contribution in [3.8, 4) is 0 Å². The van der Waals surface area contributed by atoms with Crippen molar-refractivity contribution in [3.05, 3.63) is 24.2 Å².